The second-order valence-electron chi connectivity index (χ2n) is 4.96. The van der Waals surface area contributed by atoms with E-state index in [4.69, 9.17) is 21.7 Å². The number of nitrogens with one attached hydrogen (secondary N) is 1. The van der Waals surface area contributed by atoms with E-state index in [1.165, 1.54) is 16.2 Å². The van der Waals surface area contributed by atoms with E-state index < -0.39 is 18.1 Å². The summed E-state index contributed by atoms with van der Waals surface area (Å²) in [5.41, 5.74) is 0.785. The Labute approximate surface area is 156 Å². The van der Waals surface area contributed by atoms with Crippen LogP contribution in [0.25, 0.3) is 6.08 Å². The number of hydrogen-bond acceptors (Lipinski definition) is 6. The number of thiophene rings is 1. The average Bonchev–Trinajstić information content (AvgIpc) is 3.17. The highest BCUT2D eigenvalue weighted by atomic mass is 79.9. The molecule has 0 spiro atoms. The van der Waals surface area contributed by atoms with Crippen LogP contribution in [0.1, 0.15) is 16.7 Å². The SMILES string of the molecule is C=CCN1C(=O)/C(=C/c2scc(Br)c2C2OCCO2)C(=O)NC1=S. The standard InChI is InChI=1S/C15H13BrN2O4S2/c1-2-3-18-13(20)8(12(19)17-15(18)23)6-10-11(9(16)7-24-10)14-21-4-5-22-14/h2,6-7,14H,1,3-5H2,(H,17,19,23)/b8-6+. The molecule has 2 amide bonds. The average molecular weight is 429 g/mol. The van der Waals surface area contributed by atoms with Gasteiger partial charge in [-0.15, -0.1) is 17.9 Å². The van der Waals surface area contributed by atoms with Crippen molar-refractivity contribution >= 4 is 62.5 Å². The van der Waals surface area contributed by atoms with Crippen LogP contribution in [0, 0.1) is 0 Å². The maximum Gasteiger partial charge on any atom is 0.265 e. The van der Waals surface area contributed by atoms with Crippen LogP contribution in [-0.4, -0.2) is 41.6 Å². The Morgan fingerprint density at radius 2 is 2.17 bits per heavy atom. The lowest BCUT2D eigenvalue weighted by molar-refractivity contribution is -0.128. The van der Waals surface area contributed by atoms with Gasteiger partial charge in [-0.05, 0) is 34.2 Å². The number of carbonyl (C=O) groups is 2. The van der Waals surface area contributed by atoms with Crippen LogP contribution in [0.2, 0.25) is 0 Å². The summed E-state index contributed by atoms with van der Waals surface area (Å²) in [7, 11) is 0. The molecule has 6 nitrogen and oxygen atoms in total. The van der Waals surface area contributed by atoms with Gasteiger partial charge in [-0.1, -0.05) is 6.08 Å². The van der Waals surface area contributed by atoms with E-state index >= 15 is 0 Å². The lowest BCUT2D eigenvalue weighted by atomic mass is 10.1. The van der Waals surface area contributed by atoms with Crippen LogP contribution in [0.15, 0.2) is 28.1 Å². The van der Waals surface area contributed by atoms with Gasteiger partial charge in [0.1, 0.15) is 5.57 Å². The monoisotopic (exact) mass is 428 g/mol. The van der Waals surface area contributed by atoms with Crippen LogP contribution >= 0.6 is 39.5 Å². The zero-order valence-corrected chi connectivity index (χ0v) is 15.6. The molecule has 3 heterocycles. The minimum absolute atomic E-state index is 0.0130. The quantitative estimate of drug-likeness (QED) is 0.345. The smallest absolute Gasteiger partial charge is 0.265 e. The third-order valence-electron chi connectivity index (χ3n) is 3.44. The van der Waals surface area contributed by atoms with Crippen molar-refractivity contribution in [1.29, 1.82) is 0 Å². The Kier molecular flexibility index (Phi) is 5.26. The highest BCUT2D eigenvalue weighted by Crippen LogP contribution is 2.38. The maximum atomic E-state index is 12.6. The van der Waals surface area contributed by atoms with Crippen LogP contribution < -0.4 is 5.32 Å². The summed E-state index contributed by atoms with van der Waals surface area (Å²) in [6, 6.07) is 0. The van der Waals surface area contributed by atoms with Crippen LogP contribution in [0.3, 0.4) is 0 Å². The molecule has 0 bridgehead atoms. The van der Waals surface area contributed by atoms with Crippen molar-refractivity contribution in [3.8, 4) is 0 Å². The van der Waals surface area contributed by atoms with Crippen molar-refractivity contribution in [1.82, 2.24) is 10.2 Å². The molecule has 0 radical (unpaired) electrons. The Hall–Kier alpha value is -1.39. The number of halogens is 1. The first kappa shape index (κ1) is 17.4. The number of nitrogens with zero attached hydrogens (tertiary/aromatic N) is 1. The number of rotatable bonds is 4. The minimum Gasteiger partial charge on any atom is -0.346 e. The molecule has 1 N–H and O–H groups in total. The van der Waals surface area contributed by atoms with Gasteiger partial charge in [0.05, 0.1) is 13.2 Å². The number of carbonyl (C=O) groups excluding carboxylic acids is 2. The predicted octanol–water partition coefficient (Wildman–Crippen LogP) is 2.37. The number of hydrogen-bond donors (Lipinski definition) is 1. The van der Waals surface area contributed by atoms with Gasteiger partial charge < -0.3 is 9.47 Å². The van der Waals surface area contributed by atoms with Crippen LogP contribution in [0.5, 0.6) is 0 Å². The first-order valence-electron chi connectivity index (χ1n) is 7.02. The molecular formula is C15H13BrN2O4S2. The third-order valence-corrected chi connectivity index (χ3v) is 5.67. The molecule has 2 saturated heterocycles. The largest absolute Gasteiger partial charge is 0.346 e. The molecule has 1 aromatic rings. The Balaban J connectivity index is 1.98. The molecule has 0 aliphatic carbocycles. The molecule has 0 saturated carbocycles. The Morgan fingerprint density at radius 3 is 2.83 bits per heavy atom. The molecule has 0 unspecified atom stereocenters. The van der Waals surface area contributed by atoms with Crippen molar-refractivity contribution in [3.05, 3.63) is 38.5 Å². The first-order chi connectivity index (χ1) is 11.5. The molecule has 126 valence electrons. The maximum absolute atomic E-state index is 12.6. The van der Waals surface area contributed by atoms with E-state index in [0.29, 0.717) is 13.2 Å². The second kappa shape index (κ2) is 7.24. The molecule has 0 aromatic carbocycles. The van der Waals surface area contributed by atoms with Gasteiger partial charge >= 0.3 is 0 Å². The van der Waals surface area contributed by atoms with E-state index in [2.05, 4.69) is 27.8 Å². The summed E-state index contributed by atoms with van der Waals surface area (Å²) in [4.78, 5) is 26.8. The molecule has 24 heavy (non-hydrogen) atoms. The van der Waals surface area contributed by atoms with Crippen molar-refractivity contribution in [3.63, 3.8) is 0 Å². The summed E-state index contributed by atoms with van der Waals surface area (Å²) in [6.45, 7) is 4.83. The number of amides is 2. The van der Waals surface area contributed by atoms with Gasteiger partial charge in [0.2, 0.25) is 0 Å². The number of ether oxygens (including phenoxy) is 2. The van der Waals surface area contributed by atoms with Gasteiger partial charge in [-0.3, -0.25) is 19.8 Å². The Morgan fingerprint density at radius 1 is 1.46 bits per heavy atom. The molecule has 3 rings (SSSR count). The minimum atomic E-state index is -0.519. The fourth-order valence-electron chi connectivity index (χ4n) is 2.35. The number of thiocarbonyl (C=S) groups is 1. The molecule has 2 aliphatic heterocycles. The highest BCUT2D eigenvalue weighted by Gasteiger charge is 2.34. The molecule has 9 heteroatoms. The van der Waals surface area contributed by atoms with E-state index in [1.807, 2.05) is 5.38 Å². The molecular weight excluding hydrogens is 416 g/mol. The van der Waals surface area contributed by atoms with E-state index in [9.17, 15) is 9.59 Å². The normalized spacial score (nSPS) is 20.8. The van der Waals surface area contributed by atoms with E-state index in [1.54, 1.807) is 12.2 Å². The topological polar surface area (TPSA) is 67.9 Å². The summed E-state index contributed by atoms with van der Waals surface area (Å²) in [6.07, 6.45) is 2.59. The van der Waals surface area contributed by atoms with Gasteiger partial charge in [-0.2, -0.15) is 0 Å². The fraction of sp³-hybridized carbons (Fsp3) is 0.267. The Bertz CT molecular complexity index is 753. The van der Waals surface area contributed by atoms with Crippen LogP contribution in [-0.2, 0) is 19.1 Å². The lowest BCUT2D eigenvalue weighted by Crippen LogP contribution is -2.53. The zero-order valence-electron chi connectivity index (χ0n) is 12.4. The van der Waals surface area contributed by atoms with Crippen molar-refractivity contribution in [2.75, 3.05) is 19.8 Å². The van der Waals surface area contributed by atoms with Gasteiger partial charge in [0.15, 0.2) is 11.4 Å². The summed E-state index contributed by atoms with van der Waals surface area (Å²) in [5.74, 6) is -0.971. The molecule has 0 atom stereocenters. The van der Waals surface area contributed by atoms with Gasteiger partial charge in [0.25, 0.3) is 11.8 Å². The third kappa shape index (κ3) is 3.22. The van der Waals surface area contributed by atoms with Gasteiger partial charge in [0, 0.05) is 26.8 Å². The molecule has 1 aromatic heterocycles. The molecule has 2 aliphatic rings. The zero-order chi connectivity index (χ0) is 17.3. The fourth-order valence-corrected chi connectivity index (χ4v) is 4.28. The summed E-state index contributed by atoms with van der Waals surface area (Å²) in [5, 5.41) is 4.47. The van der Waals surface area contributed by atoms with E-state index in [-0.39, 0.29) is 17.2 Å². The van der Waals surface area contributed by atoms with Crippen LogP contribution in [0.4, 0.5) is 0 Å². The lowest BCUT2D eigenvalue weighted by Gasteiger charge is -2.27. The first-order valence-corrected chi connectivity index (χ1v) is 9.11. The summed E-state index contributed by atoms with van der Waals surface area (Å²) >= 11 is 9.88. The van der Waals surface area contributed by atoms with Crippen molar-refractivity contribution < 1.29 is 19.1 Å². The highest BCUT2D eigenvalue weighted by molar-refractivity contribution is 9.10. The predicted molar refractivity (Wildman–Crippen MR) is 97.3 cm³/mol. The van der Waals surface area contributed by atoms with Crippen molar-refractivity contribution in [2.45, 2.75) is 6.29 Å². The molecule has 2 fully saturated rings. The van der Waals surface area contributed by atoms with E-state index in [0.717, 1.165) is 14.9 Å². The second-order valence-corrected chi connectivity index (χ2v) is 7.11. The van der Waals surface area contributed by atoms with Crippen molar-refractivity contribution in [2.24, 2.45) is 0 Å². The van der Waals surface area contributed by atoms with Gasteiger partial charge in [-0.25, -0.2) is 0 Å². The summed E-state index contributed by atoms with van der Waals surface area (Å²) < 4.78 is 11.9.